The molecule has 1 saturated heterocycles. The quantitative estimate of drug-likeness (QED) is 0.866. The van der Waals surface area contributed by atoms with Crippen molar-refractivity contribution in [3.05, 3.63) is 11.9 Å². The zero-order valence-electron chi connectivity index (χ0n) is 12.9. The van der Waals surface area contributed by atoms with Crippen molar-refractivity contribution < 1.29 is 4.74 Å². The van der Waals surface area contributed by atoms with E-state index in [4.69, 9.17) is 4.74 Å². The second kappa shape index (κ2) is 7.43. The SMILES string of the molecule is CCCNc1cc(N(C)CC2CCCOC2)nc(C)n1. The first-order chi connectivity index (χ1) is 9.69. The Morgan fingerprint density at radius 1 is 1.45 bits per heavy atom. The fourth-order valence-corrected chi connectivity index (χ4v) is 2.52. The van der Waals surface area contributed by atoms with Gasteiger partial charge in [-0.15, -0.1) is 0 Å². The molecule has 20 heavy (non-hydrogen) atoms. The number of hydrogen-bond acceptors (Lipinski definition) is 5. The van der Waals surface area contributed by atoms with E-state index in [0.29, 0.717) is 5.92 Å². The molecule has 1 aliphatic heterocycles. The summed E-state index contributed by atoms with van der Waals surface area (Å²) in [7, 11) is 2.10. The van der Waals surface area contributed by atoms with Crippen LogP contribution in [0.4, 0.5) is 11.6 Å². The van der Waals surface area contributed by atoms with E-state index in [1.165, 1.54) is 12.8 Å². The van der Waals surface area contributed by atoms with Gasteiger partial charge in [-0.1, -0.05) is 6.92 Å². The summed E-state index contributed by atoms with van der Waals surface area (Å²) in [5.41, 5.74) is 0. The molecule has 0 radical (unpaired) electrons. The van der Waals surface area contributed by atoms with Gasteiger partial charge < -0.3 is 15.0 Å². The van der Waals surface area contributed by atoms with Crippen LogP contribution < -0.4 is 10.2 Å². The molecule has 0 saturated carbocycles. The average molecular weight is 278 g/mol. The first-order valence-electron chi connectivity index (χ1n) is 7.57. The maximum Gasteiger partial charge on any atom is 0.134 e. The van der Waals surface area contributed by atoms with Gasteiger partial charge in [-0.3, -0.25) is 0 Å². The molecule has 0 amide bonds. The van der Waals surface area contributed by atoms with Crippen molar-refractivity contribution in [1.29, 1.82) is 0 Å². The number of aromatic nitrogens is 2. The fourth-order valence-electron chi connectivity index (χ4n) is 2.52. The molecule has 0 aromatic carbocycles. The van der Waals surface area contributed by atoms with Crippen LogP contribution in [-0.2, 0) is 4.74 Å². The third kappa shape index (κ3) is 4.34. The number of rotatable bonds is 6. The molecule has 1 aromatic heterocycles. The second-order valence-electron chi connectivity index (χ2n) is 5.55. The Balaban J connectivity index is 2.00. The van der Waals surface area contributed by atoms with Gasteiger partial charge in [0.1, 0.15) is 17.5 Å². The third-order valence-corrected chi connectivity index (χ3v) is 3.56. The number of hydrogen-bond donors (Lipinski definition) is 1. The van der Waals surface area contributed by atoms with Crippen LogP contribution in [-0.4, -0.2) is 43.3 Å². The van der Waals surface area contributed by atoms with Crippen LogP contribution in [0.5, 0.6) is 0 Å². The highest BCUT2D eigenvalue weighted by Crippen LogP contribution is 2.19. The average Bonchev–Trinajstić information content (AvgIpc) is 2.45. The van der Waals surface area contributed by atoms with E-state index < -0.39 is 0 Å². The van der Waals surface area contributed by atoms with E-state index in [-0.39, 0.29) is 0 Å². The van der Waals surface area contributed by atoms with E-state index in [0.717, 1.165) is 50.2 Å². The maximum absolute atomic E-state index is 5.55. The standard InChI is InChI=1S/C15H26N4O/c1-4-7-16-14-9-15(18-12(2)17-14)19(3)10-13-6-5-8-20-11-13/h9,13H,4-8,10-11H2,1-3H3,(H,16,17,18). The van der Waals surface area contributed by atoms with Crippen molar-refractivity contribution in [3.63, 3.8) is 0 Å². The predicted molar refractivity (Wildman–Crippen MR) is 82.4 cm³/mol. The van der Waals surface area contributed by atoms with Gasteiger partial charge in [-0.05, 0) is 32.1 Å². The molecule has 112 valence electrons. The monoisotopic (exact) mass is 278 g/mol. The van der Waals surface area contributed by atoms with E-state index in [1.807, 2.05) is 13.0 Å². The number of anilines is 2. The normalized spacial score (nSPS) is 18.9. The summed E-state index contributed by atoms with van der Waals surface area (Å²) in [6, 6.07) is 2.03. The minimum absolute atomic E-state index is 0.607. The second-order valence-corrected chi connectivity index (χ2v) is 5.55. The van der Waals surface area contributed by atoms with Gasteiger partial charge in [0, 0.05) is 32.8 Å². The van der Waals surface area contributed by atoms with Gasteiger partial charge in [-0.25, -0.2) is 9.97 Å². The van der Waals surface area contributed by atoms with E-state index in [9.17, 15) is 0 Å². The molecule has 1 aromatic rings. The van der Waals surface area contributed by atoms with Gasteiger partial charge in [-0.2, -0.15) is 0 Å². The molecule has 5 heteroatoms. The molecule has 2 rings (SSSR count). The highest BCUT2D eigenvalue weighted by Gasteiger charge is 2.17. The maximum atomic E-state index is 5.55. The number of nitrogens with zero attached hydrogens (tertiary/aromatic N) is 3. The molecule has 5 nitrogen and oxygen atoms in total. The first kappa shape index (κ1) is 15.0. The summed E-state index contributed by atoms with van der Waals surface area (Å²) in [6.45, 7) is 7.81. The number of aryl methyl sites for hydroxylation is 1. The van der Waals surface area contributed by atoms with Gasteiger partial charge in [0.05, 0.1) is 6.61 Å². The Hall–Kier alpha value is -1.36. The van der Waals surface area contributed by atoms with Crippen LogP contribution in [0.1, 0.15) is 32.0 Å². The highest BCUT2D eigenvalue weighted by molar-refractivity contribution is 5.48. The van der Waals surface area contributed by atoms with Crippen LogP contribution in [0, 0.1) is 12.8 Å². The lowest BCUT2D eigenvalue weighted by molar-refractivity contribution is 0.0576. The van der Waals surface area contributed by atoms with Crippen molar-refractivity contribution in [2.24, 2.45) is 5.92 Å². The van der Waals surface area contributed by atoms with E-state index in [1.54, 1.807) is 0 Å². The Morgan fingerprint density at radius 2 is 2.30 bits per heavy atom. The number of ether oxygens (including phenoxy) is 1. The summed E-state index contributed by atoms with van der Waals surface area (Å²) in [5, 5.41) is 3.33. The lowest BCUT2D eigenvalue weighted by Gasteiger charge is -2.28. The van der Waals surface area contributed by atoms with Crippen LogP contribution >= 0.6 is 0 Å². The summed E-state index contributed by atoms with van der Waals surface area (Å²) in [4.78, 5) is 11.2. The summed E-state index contributed by atoms with van der Waals surface area (Å²) in [5.74, 6) is 3.33. The van der Waals surface area contributed by atoms with Crippen LogP contribution in [0.15, 0.2) is 6.07 Å². The van der Waals surface area contributed by atoms with Gasteiger partial charge in [0.2, 0.25) is 0 Å². The van der Waals surface area contributed by atoms with Gasteiger partial charge in [0.15, 0.2) is 0 Å². The minimum atomic E-state index is 0.607. The molecule has 1 fully saturated rings. The van der Waals surface area contributed by atoms with Crippen molar-refractivity contribution in [1.82, 2.24) is 9.97 Å². The largest absolute Gasteiger partial charge is 0.381 e. The van der Waals surface area contributed by atoms with Gasteiger partial charge in [0.25, 0.3) is 0 Å². The highest BCUT2D eigenvalue weighted by atomic mass is 16.5. The zero-order valence-corrected chi connectivity index (χ0v) is 12.9. The Labute approximate surface area is 121 Å². The fraction of sp³-hybridized carbons (Fsp3) is 0.733. The molecular formula is C15H26N4O. The van der Waals surface area contributed by atoms with E-state index >= 15 is 0 Å². The summed E-state index contributed by atoms with van der Waals surface area (Å²) in [6.07, 6.45) is 3.51. The molecule has 0 bridgehead atoms. The molecule has 2 heterocycles. The molecule has 0 spiro atoms. The molecule has 1 N–H and O–H groups in total. The molecule has 1 unspecified atom stereocenters. The molecular weight excluding hydrogens is 252 g/mol. The predicted octanol–water partition coefficient (Wildman–Crippen LogP) is 2.47. The van der Waals surface area contributed by atoms with E-state index in [2.05, 4.69) is 34.2 Å². The van der Waals surface area contributed by atoms with Crippen LogP contribution in [0.25, 0.3) is 0 Å². The lowest BCUT2D eigenvalue weighted by atomic mass is 10.0. The van der Waals surface area contributed by atoms with Crippen molar-refractivity contribution in [3.8, 4) is 0 Å². The molecule has 1 atom stereocenters. The van der Waals surface area contributed by atoms with Crippen molar-refractivity contribution in [2.45, 2.75) is 33.1 Å². The molecule has 0 aliphatic carbocycles. The lowest BCUT2D eigenvalue weighted by Crippen LogP contribution is -2.31. The Bertz CT molecular complexity index is 418. The van der Waals surface area contributed by atoms with Crippen LogP contribution in [0.3, 0.4) is 0 Å². The minimum Gasteiger partial charge on any atom is -0.381 e. The summed E-state index contributed by atoms with van der Waals surface area (Å²) >= 11 is 0. The first-order valence-corrected chi connectivity index (χ1v) is 7.57. The topological polar surface area (TPSA) is 50.3 Å². The smallest absolute Gasteiger partial charge is 0.134 e. The zero-order chi connectivity index (χ0) is 14.4. The third-order valence-electron chi connectivity index (χ3n) is 3.56. The number of nitrogens with one attached hydrogen (secondary N) is 1. The van der Waals surface area contributed by atoms with Crippen molar-refractivity contribution in [2.75, 3.05) is 43.6 Å². The Kier molecular flexibility index (Phi) is 5.59. The molecule has 1 aliphatic rings. The Morgan fingerprint density at radius 3 is 3.00 bits per heavy atom. The van der Waals surface area contributed by atoms with Crippen molar-refractivity contribution >= 4 is 11.6 Å². The van der Waals surface area contributed by atoms with Crippen LogP contribution in [0.2, 0.25) is 0 Å². The summed E-state index contributed by atoms with van der Waals surface area (Å²) < 4.78 is 5.55. The van der Waals surface area contributed by atoms with Gasteiger partial charge >= 0.3 is 0 Å².